The van der Waals surface area contributed by atoms with Gasteiger partial charge in [-0.15, -0.1) is 0 Å². The molecule has 0 aliphatic rings. The van der Waals surface area contributed by atoms with Crippen LogP contribution < -0.4 is 16.1 Å². The van der Waals surface area contributed by atoms with Crippen molar-refractivity contribution >= 4 is 40.3 Å². The second-order valence-corrected chi connectivity index (χ2v) is 6.13. The fourth-order valence-corrected chi connectivity index (χ4v) is 2.66. The number of non-ortho nitro benzene ring substituents is 1. The topological polar surface area (TPSA) is 146 Å². The number of hydrogen-bond acceptors (Lipinski definition) is 6. The molecule has 30 heavy (non-hydrogen) atoms. The molecular weight excluding hydrogens is 390 g/mol. The summed E-state index contributed by atoms with van der Waals surface area (Å²) in [5.74, 6) is -0.582. The number of anilines is 1. The summed E-state index contributed by atoms with van der Waals surface area (Å²) in [5, 5.41) is 31.0. The highest BCUT2D eigenvalue weighted by molar-refractivity contribution is 6.02. The van der Waals surface area contributed by atoms with E-state index in [1.165, 1.54) is 36.5 Å². The molecule has 152 valence electrons. The molecule has 0 aliphatic carbocycles. The third-order valence-corrected chi connectivity index (χ3v) is 4.05. The Hall–Kier alpha value is -4.47. The summed E-state index contributed by atoms with van der Waals surface area (Å²) in [6.07, 6.45) is 1.32. The second-order valence-electron chi connectivity index (χ2n) is 6.13. The Bertz CT molecular complexity index is 1150. The van der Waals surface area contributed by atoms with E-state index in [-0.39, 0.29) is 23.7 Å². The predicted octanol–water partition coefficient (Wildman–Crippen LogP) is 2.73. The number of aromatic hydroxyl groups is 1. The molecule has 0 unspecified atom stereocenters. The standard InChI is InChI=1S/C20H17N5O5/c26-18-9-8-13-4-1-2-7-16(13)17(18)11-22-24-19(27)12-21-20(28)23-14-5-3-6-15(10-14)25(29)30/h1-11,26H,12H2,(H,24,27)(H2,21,23,28)/b22-11+. The lowest BCUT2D eigenvalue weighted by atomic mass is 10.0. The van der Waals surface area contributed by atoms with Gasteiger partial charge in [0, 0.05) is 23.4 Å². The van der Waals surface area contributed by atoms with Gasteiger partial charge in [-0.25, -0.2) is 10.2 Å². The zero-order valence-electron chi connectivity index (χ0n) is 15.5. The van der Waals surface area contributed by atoms with Gasteiger partial charge in [0.1, 0.15) is 12.3 Å². The molecule has 3 amide bonds. The highest BCUT2D eigenvalue weighted by Crippen LogP contribution is 2.25. The first kappa shape index (κ1) is 20.3. The molecule has 3 rings (SSSR count). The normalized spacial score (nSPS) is 10.7. The Morgan fingerprint density at radius 1 is 1.10 bits per heavy atom. The number of nitrogens with one attached hydrogen (secondary N) is 3. The minimum atomic E-state index is -0.707. The summed E-state index contributed by atoms with van der Waals surface area (Å²) in [7, 11) is 0. The molecule has 0 spiro atoms. The van der Waals surface area contributed by atoms with Crippen molar-refractivity contribution in [3.8, 4) is 5.75 Å². The maximum Gasteiger partial charge on any atom is 0.319 e. The number of amides is 3. The number of fused-ring (bicyclic) bond motifs is 1. The highest BCUT2D eigenvalue weighted by atomic mass is 16.6. The average molecular weight is 407 g/mol. The number of phenols is 1. The van der Waals surface area contributed by atoms with E-state index in [0.717, 1.165) is 10.8 Å². The number of carbonyl (C=O) groups excluding carboxylic acids is 2. The molecule has 0 aromatic heterocycles. The summed E-state index contributed by atoms with van der Waals surface area (Å²) in [6.45, 7) is -0.375. The lowest BCUT2D eigenvalue weighted by molar-refractivity contribution is -0.384. The number of nitro groups is 1. The minimum absolute atomic E-state index is 0.0150. The van der Waals surface area contributed by atoms with Crippen molar-refractivity contribution in [1.82, 2.24) is 10.7 Å². The Morgan fingerprint density at radius 3 is 2.70 bits per heavy atom. The average Bonchev–Trinajstić information content (AvgIpc) is 2.74. The third-order valence-electron chi connectivity index (χ3n) is 4.05. The van der Waals surface area contributed by atoms with E-state index < -0.39 is 16.9 Å². The number of benzene rings is 3. The van der Waals surface area contributed by atoms with Crippen LogP contribution in [0.25, 0.3) is 10.8 Å². The number of urea groups is 1. The summed E-state index contributed by atoms with van der Waals surface area (Å²) in [6, 6.07) is 15.4. The van der Waals surface area contributed by atoms with E-state index in [0.29, 0.717) is 5.56 Å². The van der Waals surface area contributed by atoms with E-state index in [4.69, 9.17) is 0 Å². The van der Waals surface area contributed by atoms with Gasteiger partial charge in [0.25, 0.3) is 11.6 Å². The molecular formula is C20H17N5O5. The van der Waals surface area contributed by atoms with Gasteiger partial charge in [-0.1, -0.05) is 36.4 Å². The molecule has 0 bridgehead atoms. The van der Waals surface area contributed by atoms with Crippen LogP contribution in [0.2, 0.25) is 0 Å². The van der Waals surface area contributed by atoms with Gasteiger partial charge in [0.15, 0.2) is 0 Å². The Labute approximate surface area is 170 Å². The molecule has 0 heterocycles. The molecule has 10 nitrogen and oxygen atoms in total. The van der Waals surface area contributed by atoms with Crippen LogP contribution in [0.4, 0.5) is 16.2 Å². The molecule has 3 aromatic rings. The first-order chi connectivity index (χ1) is 14.4. The molecule has 10 heteroatoms. The lowest BCUT2D eigenvalue weighted by Gasteiger charge is -2.07. The fourth-order valence-electron chi connectivity index (χ4n) is 2.66. The van der Waals surface area contributed by atoms with Crippen molar-refractivity contribution in [1.29, 1.82) is 0 Å². The number of phenolic OH excluding ortho intramolecular Hbond substituents is 1. The maximum atomic E-state index is 11.9. The third kappa shape index (κ3) is 5.07. The van der Waals surface area contributed by atoms with Gasteiger partial charge < -0.3 is 15.7 Å². The summed E-state index contributed by atoms with van der Waals surface area (Å²) in [5.41, 5.74) is 2.75. The van der Waals surface area contributed by atoms with Gasteiger partial charge in [-0.3, -0.25) is 14.9 Å². The monoisotopic (exact) mass is 407 g/mol. The van der Waals surface area contributed by atoms with Crippen LogP contribution in [0.5, 0.6) is 5.75 Å². The smallest absolute Gasteiger partial charge is 0.319 e. The number of carbonyl (C=O) groups is 2. The van der Waals surface area contributed by atoms with Crippen LogP contribution in [0, 0.1) is 10.1 Å². The van der Waals surface area contributed by atoms with Crippen molar-refractivity contribution in [2.75, 3.05) is 11.9 Å². The van der Waals surface area contributed by atoms with Gasteiger partial charge in [-0.05, 0) is 22.9 Å². The van der Waals surface area contributed by atoms with Crippen molar-refractivity contribution < 1.29 is 19.6 Å². The molecule has 0 radical (unpaired) electrons. The van der Waals surface area contributed by atoms with Gasteiger partial charge in [-0.2, -0.15) is 5.10 Å². The molecule has 0 fully saturated rings. The Morgan fingerprint density at radius 2 is 1.90 bits per heavy atom. The van der Waals surface area contributed by atoms with Crippen molar-refractivity contribution in [3.05, 3.63) is 76.3 Å². The molecule has 3 aromatic carbocycles. The molecule has 0 atom stereocenters. The Balaban J connectivity index is 1.53. The van der Waals surface area contributed by atoms with Crippen molar-refractivity contribution in [3.63, 3.8) is 0 Å². The highest BCUT2D eigenvalue weighted by Gasteiger charge is 2.09. The number of nitro benzene ring substituents is 1. The number of hydrogen-bond donors (Lipinski definition) is 4. The number of nitrogens with zero attached hydrogens (tertiary/aromatic N) is 2. The molecule has 4 N–H and O–H groups in total. The summed E-state index contributed by atoms with van der Waals surface area (Å²) in [4.78, 5) is 33.9. The van der Waals surface area contributed by atoms with Gasteiger partial charge in [0.05, 0.1) is 11.1 Å². The van der Waals surface area contributed by atoms with Crippen LogP contribution in [0.15, 0.2) is 65.8 Å². The molecule has 0 aliphatic heterocycles. The summed E-state index contributed by atoms with van der Waals surface area (Å²) >= 11 is 0. The zero-order valence-corrected chi connectivity index (χ0v) is 15.5. The van der Waals surface area contributed by atoms with Crippen molar-refractivity contribution in [2.45, 2.75) is 0 Å². The quantitative estimate of drug-likeness (QED) is 0.282. The van der Waals surface area contributed by atoms with E-state index in [1.807, 2.05) is 24.3 Å². The molecule has 0 saturated carbocycles. The maximum absolute atomic E-state index is 11.9. The minimum Gasteiger partial charge on any atom is -0.507 e. The molecule has 0 saturated heterocycles. The van der Waals surface area contributed by atoms with Crippen LogP contribution >= 0.6 is 0 Å². The van der Waals surface area contributed by atoms with Crippen LogP contribution in [-0.4, -0.2) is 34.7 Å². The largest absolute Gasteiger partial charge is 0.507 e. The SMILES string of the molecule is O=C(CNC(=O)Nc1cccc([N+](=O)[O-])c1)N/N=C/c1c(O)ccc2ccccc12. The van der Waals surface area contributed by atoms with Gasteiger partial charge >= 0.3 is 6.03 Å². The van der Waals surface area contributed by atoms with E-state index >= 15 is 0 Å². The first-order valence-electron chi connectivity index (χ1n) is 8.76. The van der Waals surface area contributed by atoms with Crippen LogP contribution in [0.3, 0.4) is 0 Å². The fraction of sp³-hybridized carbons (Fsp3) is 0.0500. The number of rotatable bonds is 6. The first-order valence-corrected chi connectivity index (χ1v) is 8.76. The van der Waals surface area contributed by atoms with Crippen molar-refractivity contribution in [2.24, 2.45) is 5.10 Å². The number of hydrazone groups is 1. The second kappa shape index (κ2) is 9.15. The Kier molecular flexibility index (Phi) is 6.18. The van der Waals surface area contributed by atoms with Crippen LogP contribution in [-0.2, 0) is 4.79 Å². The van der Waals surface area contributed by atoms with Gasteiger partial charge in [0.2, 0.25) is 0 Å². The zero-order chi connectivity index (χ0) is 21.5. The predicted molar refractivity (Wildman–Crippen MR) is 111 cm³/mol. The lowest BCUT2D eigenvalue weighted by Crippen LogP contribution is -2.37. The van der Waals surface area contributed by atoms with E-state index in [1.54, 1.807) is 6.07 Å². The van der Waals surface area contributed by atoms with E-state index in [2.05, 4.69) is 21.2 Å². The van der Waals surface area contributed by atoms with E-state index in [9.17, 15) is 24.8 Å². The van der Waals surface area contributed by atoms with Crippen LogP contribution in [0.1, 0.15) is 5.56 Å². The summed E-state index contributed by atoms with van der Waals surface area (Å²) < 4.78 is 0.